The van der Waals surface area contributed by atoms with Crippen molar-refractivity contribution < 1.29 is 20.6 Å². The minimum atomic E-state index is -1.33. The molecule has 3 aliphatic heterocycles. The molecular weight excluding hydrogens is 786 g/mol. The fourth-order valence-electron chi connectivity index (χ4n) is 11.4. The molecule has 0 bridgehead atoms. The molecule has 4 heterocycles. The van der Waals surface area contributed by atoms with Crippen LogP contribution in [0.1, 0.15) is 182 Å². The molecule has 0 saturated heterocycles. The van der Waals surface area contributed by atoms with E-state index in [4.69, 9.17) is 0 Å². The molecule has 0 N–H and O–H groups in total. The Morgan fingerprint density at radius 1 is 0.508 bits per heavy atom. The maximum Gasteiger partial charge on any atom is 0.252 e. The van der Waals surface area contributed by atoms with Gasteiger partial charge < -0.3 is 14.4 Å². The quantitative estimate of drug-likeness (QED) is 0.152. The zero-order valence-electron chi connectivity index (χ0n) is 55.7. The number of para-hydroxylation sites is 1. The van der Waals surface area contributed by atoms with Crippen LogP contribution in [0.2, 0.25) is 0 Å². The summed E-state index contributed by atoms with van der Waals surface area (Å²) in [6, 6.07) is -3.11. The number of nitrogens with zero attached hydrogens (tertiary/aromatic N) is 3. The summed E-state index contributed by atoms with van der Waals surface area (Å²) in [5, 5.41) is 0.332. The van der Waals surface area contributed by atoms with Crippen LogP contribution in [0.5, 0.6) is 0 Å². The monoisotopic (exact) mass is 869 g/mol. The van der Waals surface area contributed by atoms with Gasteiger partial charge in [0.1, 0.15) is 0 Å². The third-order valence-electron chi connectivity index (χ3n) is 15.6. The third kappa shape index (κ3) is 5.55. The molecule has 0 fully saturated rings. The Balaban J connectivity index is 1.39. The summed E-state index contributed by atoms with van der Waals surface area (Å²) in [5.41, 5.74) is -0.376. The summed E-state index contributed by atoms with van der Waals surface area (Å²) >= 11 is 0. The van der Waals surface area contributed by atoms with E-state index < -0.39 is 57.3 Å². The molecule has 5 aliphatic rings. The molecule has 0 spiro atoms. The van der Waals surface area contributed by atoms with E-state index in [0.29, 0.717) is 47.9 Å². The van der Waals surface area contributed by atoms with Crippen molar-refractivity contribution >= 4 is 79.0 Å². The molecule has 4 heteroatoms. The molecule has 0 amide bonds. The normalized spacial score (nSPS) is 22.4. The molecule has 0 saturated carbocycles. The number of aromatic nitrogens is 1. The number of anilines is 6. The van der Waals surface area contributed by atoms with Crippen molar-refractivity contribution in [2.75, 3.05) is 9.80 Å². The standard InChI is InChI=1S/C61H68BN3/c1-35-27-50-53-51(28-35)65-52-31-37(57(5,6)7)30-40-39-29-36(56(2,3)4)19-22-47(39)64(54(40)52)48-18-16-17-45(55(48)65)62(53)46-33-43-44(61(14,15)26-25-60(43,12)13)34-49(46)63(50)38-20-21-41-42(32-38)59(10,11)24-23-58(41,8)9/h16-22,27-34H,23-26H2,1-15H3/i16D,17D,18D,19D,20D,21D,22D,27D,28D,29D,30D,31D,32D,33D,34D. The van der Waals surface area contributed by atoms with Crippen LogP contribution < -0.4 is 26.2 Å². The van der Waals surface area contributed by atoms with Crippen LogP contribution in [-0.4, -0.2) is 11.3 Å². The van der Waals surface area contributed by atoms with Crippen molar-refractivity contribution in [2.45, 2.75) is 162 Å². The average molecular weight is 869 g/mol. The summed E-state index contributed by atoms with van der Waals surface area (Å²) in [6.45, 7) is 27.8. The lowest BCUT2D eigenvalue weighted by Crippen LogP contribution is -2.62. The minimum Gasteiger partial charge on any atom is -0.311 e. The van der Waals surface area contributed by atoms with Gasteiger partial charge in [-0.1, -0.05) is 127 Å². The number of fused-ring (bicyclic) bond motifs is 11. The highest BCUT2D eigenvalue weighted by atomic mass is 15.2. The SMILES string of the molecule is [2H]c1c([2H])c2c3c(c1[2H])-n1c4c([2H])c([2H])c(C(C)(C)C)c([2H])c4c4c([2H])c(C(C)(C)C)c([2H])c(c41)N3c1c([2H])c(C)c([2H])c3c1B2c1c([2H])c2c(c([2H])c1N3c1c([2H])c([2H])c3c(c1[2H])C(C)(C)CCC3(C)C)C(C)(C)CCC2(C)C. The molecule has 1 aromatic heterocycles. The van der Waals surface area contributed by atoms with E-state index in [1.807, 2.05) is 96.9 Å². The van der Waals surface area contributed by atoms with Gasteiger partial charge in [0.15, 0.2) is 0 Å². The average Bonchev–Trinajstić information content (AvgIpc) is 2.83. The highest BCUT2D eigenvalue weighted by Gasteiger charge is 2.49. The van der Waals surface area contributed by atoms with E-state index in [1.54, 1.807) is 21.3 Å². The predicted molar refractivity (Wildman–Crippen MR) is 281 cm³/mol. The topological polar surface area (TPSA) is 11.4 Å². The largest absolute Gasteiger partial charge is 0.311 e. The van der Waals surface area contributed by atoms with E-state index in [9.17, 15) is 20.6 Å². The van der Waals surface area contributed by atoms with Crippen molar-refractivity contribution in [3.05, 3.63) is 130 Å². The predicted octanol–water partition coefficient (Wildman–Crippen LogP) is 14.8. The second-order valence-corrected chi connectivity index (χ2v) is 24.4. The summed E-state index contributed by atoms with van der Waals surface area (Å²) in [5.74, 6) is 0. The first kappa shape index (κ1) is 28.1. The van der Waals surface area contributed by atoms with Crippen molar-refractivity contribution in [3.63, 3.8) is 0 Å². The van der Waals surface area contributed by atoms with Gasteiger partial charge in [0.05, 0.1) is 48.7 Å². The van der Waals surface area contributed by atoms with E-state index in [2.05, 4.69) is 0 Å². The van der Waals surface area contributed by atoms with Crippen molar-refractivity contribution in [2.24, 2.45) is 0 Å². The molecule has 2 aliphatic carbocycles. The maximum absolute atomic E-state index is 10.9. The highest BCUT2D eigenvalue weighted by Crippen LogP contribution is 2.56. The molecule has 65 heavy (non-hydrogen) atoms. The Morgan fingerprint density at radius 2 is 1.09 bits per heavy atom. The summed E-state index contributed by atoms with van der Waals surface area (Å²) in [4.78, 5) is 3.24. The van der Waals surface area contributed by atoms with Gasteiger partial charge in [-0.05, 0) is 181 Å². The summed E-state index contributed by atoms with van der Waals surface area (Å²) in [7, 11) is 0. The first-order valence-electron chi connectivity index (χ1n) is 31.0. The van der Waals surface area contributed by atoms with Crippen molar-refractivity contribution in [1.29, 1.82) is 0 Å². The Morgan fingerprint density at radius 3 is 1.74 bits per heavy atom. The van der Waals surface area contributed by atoms with Crippen LogP contribution in [0.4, 0.5) is 34.1 Å². The van der Waals surface area contributed by atoms with Crippen LogP contribution in [0.3, 0.4) is 0 Å². The smallest absolute Gasteiger partial charge is 0.252 e. The van der Waals surface area contributed by atoms with Gasteiger partial charge in [-0.2, -0.15) is 0 Å². The Hall–Kier alpha value is -5.22. The van der Waals surface area contributed by atoms with E-state index in [0.717, 1.165) is 0 Å². The molecule has 6 aromatic carbocycles. The number of benzene rings is 6. The lowest BCUT2D eigenvalue weighted by Gasteiger charge is -2.49. The molecule has 330 valence electrons. The zero-order valence-corrected chi connectivity index (χ0v) is 40.7. The number of rotatable bonds is 1. The van der Waals surface area contributed by atoms with E-state index >= 15 is 0 Å². The van der Waals surface area contributed by atoms with Gasteiger partial charge in [-0.15, -0.1) is 0 Å². The maximum atomic E-state index is 10.9. The molecule has 7 aromatic rings. The second-order valence-electron chi connectivity index (χ2n) is 24.4. The van der Waals surface area contributed by atoms with Gasteiger partial charge in [-0.3, -0.25) is 0 Å². The van der Waals surface area contributed by atoms with E-state index in [-0.39, 0.29) is 167 Å². The van der Waals surface area contributed by atoms with Gasteiger partial charge in [0.2, 0.25) is 0 Å². The first-order valence-corrected chi connectivity index (χ1v) is 23.5. The van der Waals surface area contributed by atoms with Gasteiger partial charge in [-0.25, -0.2) is 0 Å². The molecule has 12 rings (SSSR count). The van der Waals surface area contributed by atoms with Crippen LogP contribution in [-0.2, 0) is 32.5 Å². The number of hydrogen-bond acceptors (Lipinski definition) is 2. The lowest BCUT2D eigenvalue weighted by molar-refractivity contribution is 0.332. The Labute approximate surface area is 410 Å². The molecule has 0 radical (unpaired) electrons. The van der Waals surface area contributed by atoms with Gasteiger partial charge in [0.25, 0.3) is 6.71 Å². The molecule has 3 nitrogen and oxygen atoms in total. The summed E-state index contributed by atoms with van der Waals surface area (Å²) in [6.07, 6.45) is 2.69. The molecule has 0 atom stereocenters. The highest BCUT2D eigenvalue weighted by molar-refractivity contribution is 7.00. The van der Waals surface area contributed by atoms with Crippen molar-refractivity contribution in [1.82, 2.24) is 4.57 Å². The third-order valence-corrected chi connectivity index (χ3v) is 15.6. The van der Waals surface area contributed by atoms with Crippen LogP contribution in [0.15, 0.2) is 90.6 Å². The van der Waals surface area contributed by atoms with Gasteiger partial charge >= 0.3 is 0 Å². The van der Waals surface area contributed by atoms with E-state index in [1.165, 1.54) is 0 Å². The minimum absolute atomic E-state index is 0.00852. The Kier molecular flexibility index (Phi) is 5.44. The zero-order chi connectivity index (χ0) is 58.9. The second kappa shape index (κ2) is 12.6. The molecular formula is C61H68BN3. The van der Waals surface area contributed by atoms with Crippen LogP contribution in [0, 0.1) is 6.92 Å². The Bertz CT molecular complexity index is 4130. The van der Waals surface area contributed by atoms with Crippen LogP contribution >= 0.6 is 0 Å². The fraction of sp³-hybridized carbons (Fsp3) is 0.410. The summed E-state index contributed by atoms with van der Waals surface area (Å²) < 4.78 is 155. The first-order chi connectivity index (χ1) is 36.7. The fourth-order valence-corrected chi connectivity index (χ4v) is 11.4. The van der Waals surface area contributed by atoms with Crippen LogP contribution in [0.25, 0.3) is 27.5 Å². The molecule has 0 unspecified atom stereocenters. The van der Waals surface area contributed by atoms with Gasteiger partial charge in [0, 0.05) is 33.5 Å². The van der Waals surface area contributed by atoms with Crippen molar-refractivity contribution in [3.8, 4) is 5.69 Å². The lowest BCUT2D eigenvalue weighted by atomic mass is 9.33. The number of hydrogen-bond donors (Lipinski definition) is 0.